The lowest BCUT2D eigenvalue weighted by atomic mass is 9.84. The molecule has 9 N–H and O–H groups in total. The molecular formula is C45H54N8O11S. The quantitative estimate of drug-likeness (QED) is 0.0260. The molecule has 0 unspecified atom stereocenters. The van der Waals surface area contributed by atoms with Gasteiger partial charge in [0.15, 0.2) is 23.4 Å². The molecule has 0 saturated carbocycles. The van der Waals surface area contributed by atoms with Gasteiger partial charge < -0.3 is 61.3 Å². The number of methoxy groups -OCH3 is 1. The van der Waals surface area contributed by atoms with Gasteiger partial charge in [0.1, 0.15) is 36.1 Å². The summed E-state index contributed by atoms with van der Waals surface area (Å²) >= 11 is 5.61. The minimum Gasteiger partial charge on any atom is -0.479 e. The largest absolute Gasteiger partial charge is 0.479 e. The number of carbonyl (C=O) groups excluding carboxylic acids is 3. The van der Waals surface area contributed by atoms with E-state index in [0.717, 1.165) is 16.5 Å². The van der Waals surface area contributed by atoms with Gasteiger partial charge in [-0.25, -0.2) is 9.78 Å². The number of nitrogens with two attached hydrogens (primary N) is 2. The number of carbonyl (C=O) groups is 3. The molecule has 20 heteroatoms. The number of nitrogens with one attached hydrogen (secondary N) is 3. The third kappa shape index (κ3) is 9.62. The van der Waals surface area contributed by atoms with E-state index in [0.29, 0.717) is 29.2 Å². The van der Waals surface area contributed by atoms with Crippen LogP contribution in [-0.4, -0.2) is 112 Å². The second kappa shape index (κ2) is 19.5. The highest BCUT2D eigenvalue weighted by molar-refractivity contribution is 7.80. The van der Waals surface area contributed by atoms with Gasteiger partial charge in [-0.3, -0.25) is 23.9 Å². The fraction of sp³-hybridized carbons (Fsp3) is 0.444. The van der Waals surface area contributed by atoms with Crippen molar-refractivity contribution in [2.45, 2.75) is 102 Å². The van der Waals surface area contributed by atoms with Crippen LogP contribution >= 0.6 is 12.2 Å². The molecule has 7 rings (SSSR count). The molecule has 3 aliphatic heterocycles. The van der Waals surface area contributed by atoms with Gasteiger partial charge in [-0.2, -0.15) is 0 Å². The van der Waals surface area contributed by atoms with E-state index in [1.807, 2.05) is 30.3 Å². The fourth-order valence-electron chi connectivity index (χ4n) is 8.28. The highest BCUT2D eigenvalue weighted by atomic mass is 32.1. The molecule has 2 aromatic carbocycles. The predicted molar refractivity (Wildman–Crippen MR) is 243 cm³/mol. The van der Waals surface area contributed by atoms with Gasteiger partial charge in [0, 0.05) is 30.3 Å². The lowest BCUT2D eigenvalue weighted by molar-refractivity contribution is -0.272. The molecule has 1 amide bonds. The number of Topliss-reactive ketones (excluding diaryl/α,β-unsaturated/α-hetero) is 1. The summed E-state index contributed by atoms with van der Waals surface area (Å²) in [5.41, 5.74) is 11.9. The number of hydrogen-bond acceptors (Lipinski definition) is 14. The summed E-state index contributed by atoms with van der Waals surface area (Å²) in [6, 6.07) is 15.5. The Morgan fingerprint density at radius 1 is 1.08 bits per heavy atom. The minimum absolute atomic E-state index is 0.0243. The van der Waals surface area contributed by atoms with Crippen LogP contribution in [0.25, 0.3) is 22.3 Å². The van der Waals surface area contributed by atoms with Gasteiger partial charge in [0.05, 0.1) is 35.1 Å². The number of amides is 1. The van der Waals surface area contributed by atoms with Crippen molar-refractivity contribution in [1.82, 2.24) is 20.2 Å². The predicted octanol–water partition coefficient (Wildman–Crippen LogP) is 1.95. The van der Waals surface area contributed by atoms with E-state index in [2.05, 4.69) is 20.9 Å². The number of fused-ring (bicyclic) bond motifs is 5. The lowest BCUT2D eigenvalue weighted by Crippen LogP contribution is -2.59. The number of hydrogen-bond donors (Lipinski definition) is 7. The average molecular weight is 915 g/mol. The van der Waals surface area contributed by atoms with Crippen molar-refractivity contribution in [3.63, 3.8) is 0 Å². The van der Waals surface area contributed by atoms with E-state index in [1.165, 1.54) is 7.11 Å². The number of thiocarbonyl (C=S) groups is 1. The number of para-hydroxylation sites is 1. The molecule has 0 aliphatic carbocycles. The smallest absolute Gasteiger partial charge is 0.330 e. The van der Waals surface area contributed by atoms with E-state index >= 15 is 0 Å². The van der Waals surface area contributed by atoms with Crippen molar-refractivity contribution in [2.75, 3.05) is 25.6 Å². The Labute approximate surface area is 379 Å². The van der Waals surface area contributed by atoms with Crippen LogP contribution in [0.15, 0.2) is 70.5 Å². The number of aliphatic imine (C=N–C) groups is 1. The van der Waals surface area contributed by atoms with Crippen molar-refractivity contribution in [3.8, 4) is 22.9 Å². The average Bonchev–Trinajstić information content (AvgIpc) is 3.63. The van der Waals surface area contributed by atoms with Gasteiger partial charge in [-0.05, 0) is 86.8 Å². The van der Waals surface area contributed by atoms with Crippen LogP contribution in [0, 0.1) is 5.92 Å². The van der Waals surface area contributed by atoms with Crippen LogP contribution in [-0.2, 0) is 40.7 Å². The van der Waals surface area contributed by atoms with Crippen molar-refractivity contribution >= 4 is 57.5 Å². The number of aromatic nitrogens is 2. The van der Waals surface area contributed by atoms with Gasteiger partial charge in [0.25, 0.3) is 5.56 Å². The number of benzene rings is 2. The molecule has 5 heterocycles. The van der Waals surface area contributed by atoms with Crippen LogP contribution in [0.5, 0.6) is 11.5 Å². The molecule has 19 nitrogen and oxygen atoms in total. The molecule has 1 fully saturated rings. The Morgan fingerprint density at radius 3 is 2.51 bits per heavy atom. The van der Waals surface area contributed by atoms with Crippen LogP contribution in [0.1, 0.15) is 58.1 Å². The fourth-order valence-corrected chi connectivity index (χ4v) is 8.54. The first-order valence-electron chi connectivity index (χ1n) is 21.4. The van der Waals surface area contributed by atoms with Gasteiger partial charge in [-0.15, -0.1) is 0 Å². The van der Waals surface area contributed by atoms with Crippen LogP contribution in [0.3, 0.4) is 0 Å². The molecule has 65 heavy (non-hydrogen) atoms. The molecule has 4 aromatic rings. The highest BCUT2D eigenvalue weighted by Gasteiger charge is 2.51. The van der Waals surface area contributed by atoms with E-state index in [1.54, 1.807) is 62.6 Å². The number of esters is 1. The summed E-state index contributed by atoms with van der Waals surface area (Å²) < 4.78 is 30.3. The third-order valence-corrected chi connectivity index (χ3v) is 12.1. The maximum atomic E-state index is 14.3. The van der Waals surface area contributed by atoms with E-state index < -0.39 is 84.1 Å². The summed E-state index contributed by atoms with van der Waals surface area (Å²) in [6.45, 7) is 6.71. The van der Waals surface area contributed by atoms with Crippen molar-refractivity contribution < 1.29 is 48.3 Å². The number of rotatable bonds is 15. The van der Waals surface area contributed by atoms with E-state index in [9.17, 15) is 29.4 Å². The molecule has 3 aliphatic rings. The second-order valence-corrected chi connectivity index (χ2v) is 16.9. The zero-order valence-corrected chi connectivity index (χ0v) is 37.4. The Balaban J connectivity index is 1.07. The van der Waals surface area contributed by atoms with E-state index in [4.69, 9.17) is 52.4 Å². The standard InChI is InChI=1S/C45H54N8O11S/c1-6-45(28-19-31-34-25(18-24-10-7-8-11-29(24)50-34)20-53(31)40(58)37(28)61-21-32(45)54)64-41(59)33(22(2)3)52-39(57)30(12-9-17-48-43(46)47)51-44(65)49-26-13-15-27(16-14-26)63-42-36(56)38(60-5)35(55)23(4)62-42/h7-8,10-11,13-16,18-19,22-23,30,33,35-36,38,42,55-56H,6,9,12,17,20-21H2,1-5H3,(H,52,57)(H4,46,47,48)(H2,49,51,65)/t23-,30-,33+,35+,36-,38+,42+,45-/m0/s1. The third-order valence-electron chi connectivity index (χ3n) is 11.8. The van der Waals surface area contributed by atoms with Crippen LogP contribution < -0.4 is 42.5 Å². The zero-order valence-electron chi connectivity index (χ0n) is 36.6. The Hall–Kier alpha value is -6.19. The van der Waals surface area contributed by atoms with Crippen molar-refractivity contribution in [2.24, 2.45) is 22.4 Å². The molecule has 0 spiro atoms. The topological polar surface area (TPSA) is 273 Å². The number of anilines is 1. The summed E-state index contributed by atoms with van der Waals surface area (Å²) in [6.07, 6.45) is -4.46. The Morgan fingerprint density at radius 2 is 1.82 bits per heavy atom. The maximum Gasteiger partial charge on any atom is 0.330 e. The number of guanidine groups is 1. The van der Waals surface area contributed by atoms with E-state index in [-0.39, 0.29) is 48.3 Å². The molecule has 346 valence electrons. The second-order valence-electron chi connectivity index (χ2n) is 16.5. The summed E-state index contributed by atoms with van der Waals surface area (Å²) in [5, 5.41) is 30.8. The number of ether oxygens (including phenoxy) is 5. The number of nitrogens with zero attached hydrogens (tertiary/aromatic N) is 3. The normalized spacial score (nSPS) is 23.0. The first-order chi connectivity index (χ1) is 31.0. The Kier molecular flexibility index (Phi) is 14.0. The zero-order chi connectivity index (χ0) is 46.7. The van der Waals surface area contributed by atoms with Gasteiger partial charge in [0.2, 0.25) is 23.6 Å². The first-order valence-corrected chi connectivity index (χ1v) is 21.8. The van der Waals surface area contributed by atoms with Crippen LogP contribution in [0.2, 0.25) is 0 Å². The SMILES string of the molecule is CC[C@@]1(OC(=O)[C@H](NC(=O)[C@H](CCCN=C(N)N)NC(=S)Nc2ccc(O[C@H]3O[C@@H](C)[C@@H](O)[C@@H](OC)[C@@H]3O)cc2)C(C)C)C(=O)COc2c1cc1n(c2=O)Cc2cc3ccccc3nc2-1. The molecule has 2 aromatic heterocycles. The van der Waals surface area contributed by atoms with Crippen molar-refractivity contribution in [3.05, 3.63) is 82.1 Å². The molecule has 0 radical (unpaired) electrons. The van der Waals surface area contributed by atoms with Gasteiger partial charge in [-0.1, -0.05) is 39.0 Å². The van der Waals surface area contributed by atoms with Crippen molar-refractivity contribution in [1.29, 1.82) is 0 Å². The summed E-state index contributed by atoms with van der Waals surface area (Å²) in [5.74, 6) is -2.43. The maximum absolute atomic E-state index is 14.3. The number of ketones is 1. The number of aliphatic hydroxyl groups is 2. The van der Waals surface area contributed by atoms with Crippen LogP contribution in [0.4, 0.5) is 5.69 Å². The monoisotopic (exact) mass is 914 g/mol. The molecular weight excluding hydrogens is 861 g/mol. The number of aliphatic hydroxyl groups excluding tert-OH is 2. The highest BCUT2D eigenvalue weighted by Crippen LogP contribution is 2.43. The summed E-state index contributed by atoms with van der Waals surface area (Å²) in [7, 11) is 1.38. The Bertz CT molecular complexity index is 2550. The molecule has 8 atom stereocenters. The molecule has 0 bridgehead atoms. The van der Waals surface area contributed by atoms with Gasteiger partial charge >= 0.3 is 5.97 Å². The lowest BCUT2D eigenvalue weighted by Gasteiger charge is -2.40. The first kappa shape index (κ1) is 46.8. The summed E-state index contributed by atoms with van der Waals surface area (Å²) in [4.78, 5) is 65.3. The number of pyridine rings is 2. The minimum atomic E-state index is -1.91. The molecule has 1 saturated heterocycles.